The lowest BCUT2D eigenvalue weighted by Crippen LogP contribution is -2.35. The van der Waals surface area contributed by atoms with Crippen LogP contribution in [-0.4, -0.2) is 57.0 Å². The second kappa shape index (κ2) is 8.16. The van der Waals surface area contributed by atoms with E-state index in [1.165, 1.54) is 11.3 Å². The molecule has 4 fully saturated rings. The van der Waals surface area contributed by atoms with Crippen molar-refractivity contribution in [3.05, 3.63) is 47.4 Å². The molecule has 8 nitrogen and oxygen atoms in total. The maximum Gasteiger partial charge on any atom is 0.233 e. The second-order valence-electron chi connectivity index (χ2n) is 11.0. The summed E-state index contributed by atoms with van der Waals surface area (Å²) in [6, 6.07) is 8.49. The first-order valence-corrected chi connectivity index (χ1v) is 12.7. The van der Waals surface area contributed by atoms with E-state index in [0.29, 0.717) is 17.0 Å². The minimum atomic E-state index is -0.207. The maximum absolute atomic E-state index is 12.8. The number of nitrogens with one attached hydrogen (secondary N) is 1. The fourth-order valence-electron chi connectivity index (χ4n) is 6.64. The summed E-state index contributed by atoms with van der Waals surface area (Å²) in [4.78, 5) is 34.2. The number of carbonyl (C=O) groups excluding carboxylic acids is 2. The van der Waals surface area contributed by atoms with Crippen LogP contribution in [0.4, 0.5) is 5.69 Å². The first-order valence-electron chi connectivity index (χ1n) is 12.3. The molecule has 1 N–H and O–H groups in total. The van der Waals surface area contributed by atoms with E-state index in [4.69, 9.17) is 11.6 Å². The SMILES string of the molecule is CC1(C)C2C(=O)N(Cc3cc4c(-c5cc(Cl)ccc5N5C[C@H]6CCN[C@H]6C5)ncnn4c3)C(=O)C21.Cl. The van der Waals surface area contributed by atoms with Gasteiger partial charge in [0.15, 0.2) is 0 Å². The fourth-order valence-corrected chi connectivity index (χ4v) is 6.81. The molecule has 2 unspecified atom stereocenters. The van der Waals surface area contributed by atoms with Crippen LogP contribution >= 0.6 is 24.0 Å². The number of fused-ring (bicyclic) bond motifs is 3. The van der Waals surface area contributed by atoms with Crippen molar-refractivity contribution in [1.29, 1.82) is 0 Å². The Bertz CT molecular complexity index is 1370. The Hall–Kier alpha value is -2.68. The molecule has 3 aromatic rings. The molecule has 0 bridgehead atoms. The molecule has 5 heterocycles. The summed E-state index contributed by atoms with van der Waals surface area (Å²) in [7, 11) is 0. The van der Waals surface area contributed by atoms with Crippen LogP contribution < -0.4 is 10.2 Å². The third kappa shape index (κ3) is 3.38. The number of piperidine rings is 1. The first-order chi connectivity index (χ1) is 16.8. The molecule has 2 aromatic heterocycles. The van der Waals surface area contributed by atoms with E-state index in [1.807, 2.05) is 38.2 Å². The van der Waals surface area contributed by atoms with Gasteiger partial charge < -0.3 is 10.2 Å². The highest BCUT2D eigenvalue weighted by Gasteiger charge is 2.72. The average molecular weight is 527 g/mol. The van der Waals surface area contributed by atoms with Gasteiger partial charge in [0.05, 0.1) is 29.6 Å². The summed E-state index contributed by atoms with van der Waals surface area (Å²) in [5.74, 6) is 0.195. The Labute approximate surface area is 220 Å². The van der Waals surface area contributed by atoms with E-state index in [2.05, 4.69) is 26.4 Å². The smallest absolute Gasteiger partial charge is 0.233 e. The van der Waals surface area contributed by atoms with E-state index in [9.17, 15) is 9.59 Å². The van der Waals surface area contributed by atoms with Crippen molar-refractivity contribution >= 4 is 47.0 Å². The van der Waals surface area contributed by atoms with Gasteiger partial charge in [-0.15, -0.1) is 12.4 Å². The van der Waals surface area contributed by atoms with Crippen LogP contribution in [0.3, 0.4) is 0 Å². The topological polar surface area (TPSA) is 82.8 Å². The fraction of sp³-hybridized carbons (Fsp3) is 0.462. The molecule has 4 aliphatic rings. The van der Waals surface area contributed by atoms with Crippen molar-refractivity contribution in [2.45, 2.75) is 32.9 Å². The molecule has 36 heavy (non-hydrogen) atoms. The summed E-state index contributed by atoms with van der Waals surface area (Å²) < 4.78 is 1.78. The first kappa shape index (κ1) is 23.7. The monoisotopic (exact) mass is 526 g/mol. The molecule has 3 aliphatic heterocycles. The second-order valence-corrected chi connectivity index (χ2v) is 11.4. The number of amides is 2. The van der Waals surface area contributed by atoms with Gasteiger partial charge in [0.1, 0.15) is 6.33 Å². The number of imide groups is 1. The molecule has 1 aromatic carbocycles. The highest BCUT2D eigenvalue weighted by atomic mass is 35.5. The van der Waals surface area contributed by atoms with Crippen LogP contribution in [0.1, 0.15) is 25.8 Å². The van der Waals surface area contributed by atoms with Crippen LogP contribution in [0.2, 0.25) is 5.02 Å². The molecule has 188 valence electrons. The summed E-state index contributed by atoms with van der Waals surface area (Å²) in [5, 5.41) is 8.67. The molecular formula is C26H28Cl2N6O2. The highest BCUT2D eigenvalue weighted by Crippen LogP contribution is 2.63. The van der Waals surface area contributed by atoms with Crippen LogP contribution in [0, 0.1) is 23.2 Å². The number of nitrogens with zero attached hydrogens (tertiary/aromatic N) is 5. The maximum atomic E-state index is 12.8. The predicted molar refractivity (Wildman–Crippen MR) is 139 cm³/mol. The Balaban J connectivity index is 0.00000240. The van der Waals surface area contributed by atoms with Gasteiger partial charge in [0.2, 0.25) is 11.8 Å². The van der Waals surface area contributed by atoms with Gasteiger partial charge in [-0.3, -0.25) is 14.5 Å². The van der Waals surface area contributed by atoms with Crippen molar-refractivity contribution in [3.63, 3.8) is 0 Å². The van der Waals surface area contributed by atoms with E-state index < -0.39 is 0 Å². The molecule has 3 saturated heterocycles. The van der Waals surface area contributed by atoms with E-state index >= 15 is 0 Å². The Morgan fingerprint density at radius 3 is 2.67 bits per heavy atom. The number of hydrogen-bond donors (Lipinski definition) is 1. The van der Waals surface area contributed by atoms with Gasteiger partial charge >= 0.3 is 0 Å². The number of aromatic nitrogens is 3. The minimum Gasteiger partial charge on any atom is -0.369 e. The van der Waals surface area contributed by atoms with Crippen LogP contribution in [0.25, 0.3) is 16.8 Å². The van der Waals surface area contributed by atoms with E-state index in [0.717, 1.165) is 47.7 Å². The number of benzene rings is 1. The number of hydrogen-bond acceptors (Lipinski definition) is 6. The Morgan fingerprint density at radius 1 is 1.14 bits per heavy atom. The van der Waals surface area contributed by atoms with Gasteiger partial charge in [0.25, 0.3) is 0 Å². The third-order valence-corrected chi connectivity index (χ3v) is 8.85. The van der Waals surface area contributed by atoms with Gasteiger partial charge in [-0.1, -0.05) is 25.4 Å². The van der Waals surface area contributed by atoms with Crippen molar-refractivity contribution in [1.82, 2.24) is 24.8 Å². The zero-order chi connectivity index (χ0) is 24.1. The lowest BCUT2D eigenvalue weighted by molar-refractivity contribution is -0.143. The lowest BCUT2D eigenvalue weighted by atomic mass is 10.1. The normalized spacial score (nSPS) is 28.0. The number of anilines is 1. The van der Waals surface area contributed by atoms with E-state index in [1.54, 1.807) is 10.8 Å². The number of halogens is 2. The number of carbonyl (C=O) groups is 2. The number of likely N-dealkylation sites (tertiary alicyclic amines) is 1. The van der Waals surface area contributed by atoms with Crippen LogP contribution in [0.15, 0.2) is 36.8 Å². The predicted octanol–water partition coefficient (Wildman–Crippen LogP) is 3.41. The van der Waals surface area contributed by atoms with Crippen molar-refractivity contribution in [2.75, 3.05) is 24.5 Å². The molecule has 0 spiro atoms. The highest BCUT2D eigenvalue weighted by molar-refractivity contribution is 6.31. The Morgan fingerprint density at radius 2 is 1.92 bits per heavy atom. The van der Waals surface area contributed by atoms with Gasteiger partial charge in [-0.2, -0.15) is 5.10 Å². The summed E-state index contributed by atoms with van der Waals surface area (Å²) >= 11 is 6.45. The van der Waals surface area contributed by atoms with Gasteiger partial charge in [0, 0.05) is 41.6 Å². The molecule has 7 rings (SSSR count). The van der Waals surface area contributed by atoms with Crippen LogP contribution in [0.5, 0.6) is 0 Å². The van der Waals surface area contributed by atoms with Crippen molar-refractivity contribution in [2.24, 2.45) is 23.2 Å². The number of rotatable bonds is 4. The summed E-state index contributed by atoms with van der Waals surface area (Å²) in [6.45, 7) is 7.32. The summed E-state index contributed by atoms with van der Waals surface area (Å²) in [6.07, 6.45) is 4.63. The van der Waals surface area contributed by atoms with Crippen LogP contribution in [-0.2, 0) is 16.1 Å². The zero-order valence-corrected chi connectivity index (χ0v) is 21.7. The van der Waals surface area contributed by atoms with Gasteiger partial charge in [-0.25, -0.2) is 9.50 Å². The minimum absolute atomic E-state index is 0. The summed E-state index contributed by atoms with van der Waals surface area (Å²) in [5.41, 5.74) is 4.34. The Kier molecular flexibility index (Phi) is 5.37. The third-order valence-electron chi connectivity index (χ3n) is 8.61. The molecule has 1 saturated carbocycles. The average Bonchev–Trinajstić information content (AvgIpc) is 3.35. The van der Waals surface area contributed by atoms with Gasteiger partial charge in [-0.05, 0) is 54.1 Å². The van der Waals surface area contributed by atoms with Crippen molar-refractivity contribution in [3.8, 4) is 11.3 Å². The van der Waals surface area contributed by atoms with E-state index in [-0.39, 0.29) is 48.0 Å². The molecule has 0 radical (unpaired) electrons. The molecule has 10 heteroatoms. The molecule has 2 amide bonds. The molecule has 1 aliphatic carbocycles. The largest absolute Gasteiger partial charge is 0.369 e. The van der Waals surface area contributed by atoms with Crippen molar-refractivity contribution < 1.29 is 9.59 Å². The lowest BCUT2D eigenvalue weighted by Gasteiger charge is -2.23. The molecule has 4 atom stereocenters. The molecular weight excluding hydrogens is 499 g/mol. The standard InChI is InChI=1S/C26H27ClN6O2.ClH/c1-26(2)21-22(26)25(35)32(24(21)34)9-14-7-20-23(29-13-30-33(20)10-14)17-8-16(27)3-4-19(17)31-11-15-5-6-28-18(15)12-31;/h3-4,7-8,10,13,15,18,21-22,28H,5-6,9,11-12H2,1-2H3;1H/t15-,18+,21?,22?;/m1./s1. The quantitative estimate of drug-likeness (QED) is 0.524. The zero-order valence-electron chi connectivity index (χ0n) is 20.1.